The maximum Gasteiger partial charge on any atom is 0.240 e. The van der Waals surface area contributed by atoms with E-state index in [1.165, 1.54) is 0 Å². The van der Waals surface area contributed by atoms with Gasteiger partial charge in [-0.25, -0.2) is 13.1 Å². The van der Waals surface area contributed by atoms with Crippen molar-refractivity contribution >= 4 is 10.0 Å². The summed E-state index contributed by atoms with van der Waals surface area (Å²) in [5.74, 6) is 0.998. The zero-order valence-corrected chi connectivity index (χ0v) is 12.7. The van der Waals surface area contributed by atoms with E-state index in [0.29, 0.717) is 17.2 Å². The molecule has 0 amide bonds. The van der Waals surface area contributed by atoms with Crippen LogP contribution in [0.3, 0.4) is 0 Å². The highest BCUT2D eigenvalue weighted by Crippen LogP contribution is 2.27. The molecule has 3 N–H and O–H groups in total. The monoisotopic (exact) mass is 298 g/mol. The molecule has 112 valence electrons. The first kappa shape index (κ1) is 15.3. The fourth-order valence-electron chi connectivity index (χ4n) is 2.67. The maximum absolute atomic E-state index is 12.4. The Morgan fingerprint density at radius 3 is 2.70 bits per heavy atom. The Bertz CT molecular complexity index is 572. The summed E-state index contributed by atoms with van der Waals surface area (Å²) in [4.78, 5) is 0.248. The van der Waals surface area contributed by atoms with Gasteiger partial charge in [-0.2, -0.15) is 0 Å². The fraction of sp³-hybridized carbons (Fsp3) is 0.571. The van der Waals surface area contributed by atoms with Crippen molar-refractivity contribution in [2.24, 2.45) is 11.7 Å². The second-order valence-electron chi connectivity index (χ2n) is 5.31. The number of nitrogens with two attached hydrogens (primary N) is 1. The number of hydrogen-bond acceptors (Lipinski definition) is 4. The van der Waals surface area contributed by atoms with E-state index in [1.54, 1.807) is 25.3 Å². The molecule has 0 spiro atoms. The van der Waals surface area contributed by atoms with Crippen molar-refractivity contribution in [1.82, 2.24) is 4.72 Å². The topological polar surface area (TPSA) is 81.4 Å². The lowest BCUT2D eigenvalue weighted by Crippen LogP contribution is -2.36. The van der Waals surface area contributed by atoms with Crippen LogP contribution in [0.4, 0.5) is 0 Å². The third kappa shape index (κ3) is 3.13. The Hall–Kier alpha value is -1.11. The number of benzene rings is 1. The number of nitrogens with one attached hydrogen (secondary N) is 1. The molecule has 2 rings (SSSR count). The molecule has 0 radical (unpaired) electrons. The molecule has 0 heterocycles. The van der Waals surface area contributed by atoms with E-state index < -0.39 is 10.0 Å². The van der Waals surface area contributed by atoms with Crippen LogP contribution in [0.5, 0.6) is 5.75 Å². The van der Waals surface area contributed by atoms with Crippen molar-refractivity contribution in [1.29, 1.82) is 0 Å². The average Bonchev–Trinajstić information content (AvgIpc) is 2.82. The number of hydrogen-bond donors (Lipinski definition) is 2. The minimum absolute atomic E-state index is 0.0310. The lowest BCUT2D eigenvalue weighted by atomic mass is 10.1. The molecule has 2 atom stereocenters. The lowest BCUT2D eigenvalue weighted by Gasteiger charge is -2.18. The van der Waals surface area contributed by atoms with Gasteiger partial charge in [-0.1, -0.05) is 13.3 Å². The summed E-state index contributed by atoms with van der Waals surface area (Å²) >= 11 is 0. The van der Waals surface area contributed by atoms with Gasteiger partial charge in [-0.15, -0.1) is 0 Å². The minimum atomic E-state index is -3.50. The molecule has 0 saturated heterocycles. The van der Waals surface area contributed by atoms with Gasteiger partial charge in [0.1, 0.15) is 5.75 Å². The maximum atomic E-state index is 12.4. The highest BCUT2D eigenvalue weighted by atomic mass is 32.2. The second kappa shape index (κ2) is 6.11. The summed E-state index contributed by atoms with van der Waals surface area (Å²) < 4.78 is 32.8. The Kier molecular flexibility index (Phi) is 4.67. The molecule has 0 aromatic heterocycles. The van der Waals surface area contributed by atoms with Crippen LogP contribution in [-0.2, 0) is 16.6 Å². The van der Waals surface area contributed by atoms with E-state index in [1.807, 2.05) is 0 Å². The first-order valence-corrected chi connectivity index (χ1v) is 8.35. The lowest BCUT2D eigenvalue weighted by molar-refractivity contribution is 0.409. The molecule has 1 aromatic rings. The van der Waals surface area contributed by atoms with Crippen molar-refractivity contribution in [2.75, 3.05) is 7.11 Å². The Morgan fingerprint density at radius 2 is 2.15 bits per heavy atom. The molecule has 0 aliphatic heterocycles. The van der Waals surface area contributed by atoms with E-state index in [4.69, 9.17) is 10.5 Å². The predicted octanol–water partition coefficient (Wildman–Crippen LogP) is 1.62. The second-order valence-corrected chi connectivity index (χ2v) is 7.03. The zero-order chi connectivity index (χ0) is 14.8. The van der Waals surface area contributed by atoms with Gasteiger partial charge < -0.3 is 10.5 Å². The third-order valence-corrected chi connectivity index (χ3v) is 5.44. The van der Waals surface area contributed by atoms with Gasteiger partial charge in [0.15, 0.2) is 0 Å². The van der Waals surface area contributed by atoms with Crippen molar-refractivity contribution in [2.45, 2.75) is 43.7 Å². The van der Waals surface area contributed by atoms with Crippen LogP contribution in [0.25, 0.3) is 0 Å². The molecular formula is C14H22N2O3S. The van der Waals surface area contributed by atoms with Crippen molar-refractivity contribution < 1.29 is 13.2 Å². The van der Waals surface area contributed by atoms with Gasteiger partial charge in [0.2, 0.25) is 10.0 Å². The Labute approximate surface area is 120 Å². The van der Waals surface area contributed by atoms with Gasteiger partial charge in [0, 0.05) is 18.2 Å². The summed E-state index contributed by atoms with van der Waals surface area (Å²) in [5.41, 5.74) is 6.32. The van der Waals surface area contributed by atoms with Gasteiger partial charge in [-0.05, 0) is 37.0 Å². The number of sulfonamides is 1. The van der Waals surface area contributed by atoms with Gasteiger partial charge >= 0.3 is 0 Å². The fourth-order valence-corrected chi connectivity index (χ4v) is 4.10. The van der Waals surface area contributed by atoms with Crippen LogP contribution in [0, 0.1) is 5.92 Å². The smallest absolute Gasteiger partial charge is 0.240 e. The number of methoxy groups -OCH3 is 1. The first-order valence-electron chi connectivity index (χ1n) is 6.87. The first-order chi connectivity index (χ1) is 9.47. The summed E-state index contributed by atoms with van der Waals surface area (Å²) in [6.07, 6.45) is 3.05. The molecule has 2 unspecified atom stereocenters. The average molecular weight is 298 g/mol. The van der Waals surface area contributed by atoms with Crippen LogP contribution >= 0.6 is 0 Å². The molecule has 5 nitrogen and oxygen atoms in total. The molecule has 1 aromatic carbocycles. The molecule has 1 aliphatic rings. The van der Waals surface area contributed by atoms with Crippen molar-refractivity contribution in [3.63, 3.8) is 0 Å². The summed E-state index contributed by atoms with van der Waals surface area (Å²) in [6.45, 7) is 2.33. The minimum Gasteiger partial charge on any atom is -0.496 e. The highest BCUT2D eigenvalue weighted by Gasteiger charge is 2.28. The zero-order valence-electron chi connectivity index (χ0n) is 11.9. The van der Waals surface area contributed by atoms with E-state index in [2.05, 4.69) is 11.6 Å². The standard InChI is InChI=1S/C14H22N2O3S/c1-10-4-3-5-13(10)16-20(17,18)12-6-7-14(19-2)11(8-12)9-15/h6-8,10,13,16H,3-5,9,15H2,1-2H3. The molecular weight excluding hydrogens is 276 g/mol. The Morgan fingerprint density at radius 1 is 1.40 bits per heavy atom. The summed E-state index contributed by atoms with van der Waals surface area (Å²) in [6, 6.07) is 4.82. The molecule has 1 saturated carbocycles. The van der Waals surface area contributed by atoms with Gasteiger partial charge in [0.05, 0.1) is 12.0 Å². The number of ether oxygens (including phenoxy) is 1. The molecule has 1 aliphatic carbocycles. The van der Waals surface area contributed by atoms with Crippen LogP contribution in [0.2, 0.25) is 0 Å². The van der Waals surface area contributed by atoms with E-state index in [-0.39, 0.29) is 17.5 Å². The highest BCUT2D eigenvalue weighted by molar-refractivity contribution is 7.89. The van der Waals surface area contributed by atoms with Gasteiger partial charge in [0.25, 0.3) is 0 Å². The third-order valence-electron chi connectivity index (χ3n) is 3.95. The van der Waals surface area contributed by atoms with Gasteiger partial charge in [-0.3, -0.25) is 0 Å². The quantitative estimate of drug-likeness (QED) is 0.865. The van der Waals surface area contributed by atoms with E-state index in [0.717, 1.165) is 19.3 Å². The molecule has 1 fully saturated rings. The van der Waals surface area contributed by atoms with Crippen LogP contribution < -0.4 is 15.2 Å². The number of rotatable bonds is 5. The van der Waals surface area contributed by atoms with Crippen LogP contribution in [-0.4, -0.2) is 21.6 Å². The summed E-state index contributed by atoms with van der Waals surface area (Å²) in [7, 11) is -1.95. The largest absolute Gasteiger partial charge is 0.496 e. The molecule has 0 bridgehead atoms. The molecule has 6 heteroatoms. The van der Waals surface area contributed by atoms with E-state index >= 15 is 0 Å². The SMILES string of the molecule is COc1ccc(S(=O)(=O)NC2CCCC2C)cc1CN. The van der Waals surface area contributed by atoms with Crippen molar-refractivity contribution in [3.8, 4) is 5.75 Å². The molecule has 20 heavy (non-hydrogen) atoms. The van der Waals surface area contributed by atoms with E-state index in [9.17, 15) is 8.42 Å². The Balaban J connectivity index is 2.25. The summed E-state index contributed by atoms with van der Waals surface area (Å²) in [5, 5.41) is 0. The van der Waals surface area contributed by atoms with Crippen LogP contribution in [0.1, 0.15) is 31.7 Å². The van der Waals surface area contributed by atoms with Crippen molar-refractivity contribution in [3.05, 3.63) is 23.8 Å². The van der Waals surface area contributed by atoms with Crippen LogP contribution in [0.15, 0.2) is 23.1 Å². The predicted molar refractivity (Wildman–Crippen MR) is 78.0 cm³/mol. The normalized spacial score (nSPS) is 22.9.